The number of carbonyl (C=O) groups is 1. The van der Waals surface area contributed by atoms with Crippen molar-refractivity contribution in [2.24, 2.45) is 0 Å². The summed E-state index contributed by atoms with van der Waals surface area (Å²) in [6, 6.07) is 6.08. The third kappa shape index (κ3) is 1.67. The Morgan fingerprint density at radius 2 is 1.82 bits per heavy atom. The van der Waals surface area contributed by atoms with Crippen LogP contribution in [-0.4, -0.2) is 6.29 Å². The molecule has 11 heavy (non-hydrogen) atoms. The van der Waals surface area contributed by atoms with Crippen LogP contribution in [0.2, 0.25) is 0 Å². The molecule has 58 valence electrons. The van der Waals surface area contributed by atoms with Gasteiger partial charge in [0, 0.05) is 6.42 Å². The van der Waals surface area contributed by atoms with Gasteiger partial charge in [0.25, 0.3) is 0 Å². The third-order valence-electron chi connectivity index (χ3n) is 1.93. The maximum absolute atomic E-state index is 10.3. The Labute approximate surface area is 67.1 Å². The van der Waals surface area contributed by atoms with E-state index in [0.29, 0.717) is 6.42 Å². The minimum Gasteiger partial charge on any atom is -0.303 e. The summed E-state index contributed by atoms with van der Waals surface area (Å²) in [5.74, 6) is 0. The number of aldehydes is 1. The Balaban J connectivity index is 3.09. The van der Waals surface area contributed by atoms with Crippen LogP contribution in [0.25, 0.3) is 0 Å². The van der Waals surface area contributed by atoms with Crippen LogP contribution in [0.5, 0.6) is 0 Å². The number of hydrogen-bond acceptors (Lipinski definition) is 1. The summed E-state index contributed by atoms with van der Waals surface area (Å²) in [5.41, 5.74) is 3.58. The van der Waals surface area contributed by atoms with Crippen LogP contribution in [0.15, 0.2) is 18.2 Å². The van der Waals surface area contributed by atoms with E-state index < -0.39 is 0 Å². The maximum Gasteiger partial charge on any atom is 0.124 e. The van der Waals surface area contributed by atoms with Gasteiger partial charge in [0.2, 0.25) is 0 Å². The van der Waals surface area contributed by atoms with Crippen LogP contribution in [0.3, 0.4) is 0 Å². The van der Waals surface area contributed by atoms with Gasteiger partial charge in [0.1, 0.15) is 6.29 Å². The van der Waals surface area contributed by atoms with Crippen LogP contribution in [-0.2, 0) is 11.2 Å². The number of hydrogen-bond donors (Lipinski definition) is 0. The van der Waals surface area contributed by atoms with Gasteiger partial charge in [-0.05, 0) is 30.5 Å². The highest BCUT2D eigenvalue weighted by Gasteiger charge is 1.99. The lowest BCUT2D eigenvalue weighted by Crippen LogP contribution is -1.93. The molecule has 1 nitrogen and oxygen atoms in total. The van der Waals surface area contributed by atoms with Gasteiger partial charge in [-0.1, -0.05) is 18.2 Å². The summed E-state index contributed by atoms with van der Waals surface area (Å²) in [6.07, 6.45) is 1.49. The van der Waals surface area contributed by atoms with E-state index >= 15 is 0 Å². The van der Waals surface area contributed by atoms with Crippen LogP contribution < -0.4 is 0 Å². The topological polar surface area (TPSA) is 17.1 Å². The lowest BCUT2D eigenvalue weighted by atomic mass is 10.0. The van der Waals surface area contributed by atoms with Crippen molar-refractivity contribution < 1.29 is 4.79 Å². The molecule has 0 amide bonds. The average Bonchev–Trinajstić information content (AvgIpc) is 1.97. The standard InChI is InChI=1S/C10H12O/c1-8-4-3-5-9(2)10(8)6-7-11/h3-5,7H,6H2,1-2H3. The third-order valence-corrected chi connectivity index (χ3v) is 1.93. The summed E-state index contributed by atoms with van der Waals surface area (Å²) >= 11 is 0. The van der Waals surface area contributed by atoms with Crippen molar-refractivity contribution in [2.75, 3.05) is 0 Å². The molecule has 1 heteroatoms. The van der Waals surface area contributed by atoms with Crippen LogP contribution in [0, 0.1) is 13.8 Å². The van der Waals surface area contributed by atoms with Gasteiger partial charge < -0.3 is 4.79 Å². The molecule has 1 aromatic carbocycles. The number of rotatable bonds is 2. The van der Waals surface area contributed by atoms with Crippen molar-refractivity contribution in [1.29, 1.82) is 0 Å². The second-order valence-electron chi connectivity index (χ2n) is 2.74. The molecule has 0 aliphatic carbocycles. The molecular formula is C10H12O. The molecule has 0 saturated heterocycles. The van der Waals surface area contributed by atoms with E-state index in [-0.39, 0.29) is 0 Å². The predicted molar refractivity (Wildman–Crippen MR) is 45.7 cm³/mol. The zero-order chi connectivity index (χ0) is 8.27. The molecule has 0 saturated carbocycles. The van der Waals surface area contributed by atoms with Gasteiger partial charge in [0.15, 0.2) is 0 Å². The Hall–Kier alpha value is -1.11. The highest BCUT2D eigenvalue weighted by molar-refractivity contribution is 5.57. The molecule has 0 aliphatic rings. The molecule has 1 aromatic rings. The fraction of sp³-hybridized carbons (Fsp3) is 0.300. The molecular weight excluding hydrogens is 136 g/mol. The van der Waals surface area contributed by atoms with Crippen molar-refractivity contribution in [3.63, 3.8) is 0 Å². The summed E-state index contributed by atoms with van der Waals surface area (Å²) in [5, 5.41) is 0. The first kappa shape index (κ1) is 7.99. The summed E-state index contributed by atoms with van der Waals surface area (Å²) in [4.78, 5) is 10.3. The fourth-order valence-electron chi connectivity index (χ4n) is 1.25. The zero-order valence-corrected chi connectivity index (χ0v) is 6.92. The van der Waals surface area contributed by atoms with Gasteiger partial charge >= 0.3 is 0 Å². The Morgan fingerprint density at radius 3 is 2.27 bits per heavy atom. The number of carbonyl (C=O) groups excluding carboxylic acids is 1. The Bertz CT molecular complexity index is 243. The molecule has 0 spiro atoms. The van der Waals surface area contributed by atoms with Crippen LogP contribution in [0.1, 0.15) is 16.7 Å². The molecule has 0 unspecified atom stereocenters. The summed E-state index contributed by atoms with van der Waals surface area (Å²) in [7, 11) is 0. The smallest absolute Gasteiger partial charge is 0.124 e. The number of aryl methyl sites for hydroxylation is 2. The first-order chi connectivity index (χ1) is 5.25. The van der Waals surface area contributed by atoms with Crippen molar-refractivity contribution in [3.8, 4) is 0 Å². The lowest BCUT2D eigenvalue weighted by Gasteiger charge is -2.04. The van der Waals surface area contributed by atoms with Crippen molar-refractivity contribution in [2.45, 2.75) is 20.3 Å². The van der Waals surface area contributed by atoms with Crippen molar-refractivity contribution >= 4 is 6.29 Å². The quantitative estimate of drug-likeness (QED) is 0.586. The highest BCUT2D eigenvalue weighted by Crippen LogP contribution is 2.12. The first-order valence-electron chi connectivity index (χ1n) is 3.74. The van der Waals surface area contributed by atoms with Crippen molar-refractivity contribution in [3.05, 3.63) is 34.9 Å². The van der Waals surface area contributed by atoms with E-state index in [4.69, 9.17) is 0 Å². The number of benzene rings is 1. The fourth-order valence-corrected chi connectivity index (χ4v) is 1.25. The lowest BCUT2D eigenvalue weighted by molar-refractivity contribution is -0.107. The maximum atomic E-state index is 10.3. The van der Waals surface area contributed by atoms with E-state index in [2.05, 4.69) is 0 Å². The van der Waals surface area contributed by atoms with Crippen LogP contribution >= 0.6 is 0 Å². The minimum atomic E-state index is 0.540. The van der Waals surface area contributed by atoms with E-state index in [1.807, 2.05) is 32.0 Å². The van der Waals surface area contributed by atoms with E-state index in [1.54, 1.807) is 0 Å². The second kappa shape index (κ2) is 3.33. The van der Waals surface area contributed by atoms with E-state index in [1.165, 1.54) is 16.7 Å². The predicted octanol–water partition coefficient (Wildman–Crippen LogP) is 2.04. The van der Waals surface area contributed by atoms with Gasteiger partial charge in [-0.3, -0.25) is 0 Å². The molecule has 1 rings (SSSR count). The van der Waals surface area contributed by atoms with E-state index in [9.17, 15) is 4.79 Å². The van der Waals surface area contributed by atoms with Gasteiger partial charge in [-0.15, -0.1) is 0 Å². The highest BCUT2D eigenvalue weighted by atomic mass is 16.1. The molecule has 0 N–H and O–H groups in total. The monoisotopic (exact) mass is 148 g/mol. The zero-order valence-electron chi connectivity index (χ0n) is 6.92. The molecule has 0 aromatic heterocycles. The van der Waals surface area contributed by atoms with E-state index in [0.717, 1.165) is 6.29 Å². The first-order valence-corrected chi connectivity index (χ1v) is 3.74. The minimum absolute atomic E-state index is 0.540. The van der Waals surface area contributed by atoms with Gasteiger partial charge in [-0.25, -0.2) is 0 Å². The molecule has 0 aliphatic heterocycles. The van der Waals surface area contributed by atoms with Crippen LogP contribution in [0.4, 0.5) is 0 Å². The Morgan fingerprint density at radius 1 is 1.27 bits per heavy atom. The molecule has 0 fully saturated rings. The Kier molecular flexibility index (Phi) is 2.42. The van der Waals surface area contributed by atoms with Gasteiger partial charge in [0.05, 0.1) is 0 Å². The van der Waals surface area contributed by atoms with Gasteiger partial charge in [-0.2, -0.15) is 0 Å². The summed E-state index contributed by atoms with van der Waals surface area (Å²) in [6.45, 7) is 4.07. The molecule has 0 atom stereocenters. The summed E-state index contributed by atoms with van der Waals surface area (Å²) < 4.78 is 0. The normalized spacial score (nSPS) is 9.64. The second-order valence-corrected chi connectivity index (χ2v) is 2.74. The molecule has 0 heterocycles. The largest absolute Gasteiger partial charge is 0.303 e. The average molecular weight is 148 g/mol. The van der Waals surface area contributed by atoms with Crippen molar-refractivity contribution in [1.82, 2.24) is 0 Å². The SMILES string of the molecule is Cc1cccc(C)c1CC=O. The molecule has 0 bridgehead atoms. The molecule has 0 radical (unpaired) electrons.